The average molecular weight is 298 g/mol. The maximum atomic E-state index is 11.8. The summed E-state index contributed by atoms with van der Waals surface area (Å²) in [5.74, 6) is 0.104. The van der Waals surface area contributed by atoms with Gasteiger partial charge in [-0.05, 0) is 18.4 Å². The number of carbonyl (C=O) groups excluding carboxylic acids is 1. The van der Waals surface area contributed by atoms with Crippen molar-refractivity contribution in [1.29, 1.82) is 0 Å². The Morgan fingerprint density at radius 2 is 2.00 bits per heavy atom. The molecule has 0 aromatic rings. The number of amides is 1. The van der Waals surface area contributed by atoms with Gasteiger partial charge in [-0.3, -0.25) is 9.69 Å². The van der Waals surface area contributed by atoms with Gasteiger partial charge in [0.2, 0.25) is 5.91 Å². The lowest BCUT2D eigenvalue weighted by Crippen LogP contribution is -2.51. The first-order valence-corrected chi connectivity index (χ1v) is 8.02. The monoisotopic (exact) mass is 298 g/mol. The predicted molar refractivity (Wildman–Crippen MR) is 83.4 cm³/mol. The first-order chi connectivity index (χ1) is 10.1. The topological polar surface area (TPSA) is 56.8 Å². The van der Waals surface area contributed by atoms with Gasteiger partial charge in [-0.25, -0.2) is 0 Å². The van der Waals surface area contributed by atoms with Crippen LogP contribution in [0.4, 0.5) is 0 Å². The molecule has 0 aromatic heterocycles. The Hall–Kier alpha value is -0.690. The summed E-state index contributed by atoms with van der Waals surface area (Å²) < 4.78 is 4.93. The highest BCUT2D eigenvalue weighted by Gasteiger charge is 2.31. The SMILES string of the molecule is COCCNC(=O)CN1CCN(CC2(C)CCNC2)CC1. The number of carbonyl (C=O) groups is 1. The van der Waals surface area contributed by atoms with Gasteiger partial charge in [0.1, 0.15) is 0 Å². The minimum absolute atomic E-state index is 0.104. The molecule has 0 bridgehead atoms. The van der Waals surface area contributed by atoms with Crippen molar-refractivity contribution < 1.29 is 9.53 Å². The molecular weight excluding hydrogens is 268 g/mol. The molecular formula is C15H30N4O2. The lowest BCUT2D eigenvalue weighted by Gasteiger charge is -2.38. The van der Waals surface area contributed by atoms with Crippen LogP contribution in [0.15, 0.2) is 0 Å². The molecule has 122 valence electrons. The molecule has 2 aliphatic heterocycles. The second-order valence-electron chi connectivity index (χ2n) is 6.63. The van der Waals surface area contributed by atoms with Crippen molar-refractivity contribution in [2.24, 2.45) is 5.41 Å². The molecule has 2 N–H and O–H groups in total. The summed E-state index contributed by atoms with van der Waals surface area (Å²) >= 11 is 0. The third-order valence-corrected chi connectivity index (χ3v) is 4.52. The van der Waals surface area contributed by atoms with Crippen molar-refractivity contribution >= 4 is 5.91 Å². The van der Waals surface area contributed by atoms with Crippen molar-refractivity contribution in [2.45, 2.75) is 13.3 Å². The minimum atomic E-state index is 0.104. The zero-order chi connectivity index (χ0) is 15.1. The predicted octanol–water partition coefficient (Wildman–Crippen LogP) is -0.634. The number of hydrogen-bond acceptors (Lipinski definition) is 5. The van der Waals surface area contributed by atoms with E-state index in [1.165, 1.54) is 13.0 Å². The van der Waals surface area contributed by atoms with Crippen LogP contribution in [-0.2, 0) is 9.53 Å². The van der Waals surface area contributed by atoms with E-state index < -0.39 is 0 Å². The zero-order valence-electron chi connectivity index (χ0n) is 13.5. The number of hydrogen-bond donors (Lipinski definition) is 2. The highest BCUT2D eigenvalue weighted by Crippen LogP contribution is 2.26. The largest absolute Gasteiger partial charge is 0.383 e. The summed E-state index contributed by atoms with van der Waals surface area (Å²) in [6, 6.07) is 0. The molecule has 6 heteroatoms. The van der Waals surface area contributed by atoms with Crippen LogP contribution in [0, 0.1) is 5.41 Å². The fourth-order valence-electron chi connectivity index (χ4n) is 3.20. The summed E-state index contributed by atoms with van der Waals surface area (Å²) in [4.78, 5) is 16.6. The lowest BCUT2D eigenvalue weighted by atomic mass is 9.89. The van der Waals surface area contributed by atoms with Gasteiger partial charge in [0.05, 0.1) is 13.2 Å². The van der Waals surface area contributed by atoms with E-state index >= 15 is 0 Å². The van der Waals surface area contributed by atoms with Crippen molar-refractivity contribution in [1.82, 2.24) is 20.4 Å². The molecule has 0 saturated carbocycles. The molecule has 2 rings (SSSR count). The molecule has 0 radical (unpaired) electrons. The Bertz CT molecular complexity index is 324. The smallest absolute Gasteiger partial charge is 0.234 e. The Morgan fingerprint density at radius 3 is 2.62 bits per heavy atom. The van der Waals surface area contributed by atoms with E-state index in [0.717, 1.165) is 39.3 Å². The fraction of sp³-hybridized carbons (Fsp3) is 0.933. The number of nitrogens with zero attached hydrogens (tertiary/aromatic N) is 2. The van der Waals surface area contributed by atoms with Crippen molar-refractivity contribution in [3.63, 3.8) is 0 Å². The summed E-state index contributed by atoms with van der Waals surface area (Å²) in [6.07, 6.45) is 1.27. The first kappa shape index (κ1) is 16.7. The van der Waals surface area contributed by atoms with Gasteiger partial charge < -0.3 is 20.3 Å². The number of ether oxygens (including phenoxy) is 1. The highest BCUT2D eigenvalue weighted by atomic mass is 16.5. The van der Waals surface area contributed by atoms with Gasteiger partial charge in [0.25, 0.3) is 0 Å². The van der Waals surface area contributed by atoms with E-state index in [2.05, 4.69) is 27.4 Å². The number of nitrogens with one attached hydrogen (secondary N) is 2. The third-order valence-electron chi connectivity index (χ3n) is 4.52. The Kier molecular flexibility index (Phi) is 6.41. The zero-order valence-corrected chi connectivity index (χ0v) is 13.5. The highest BCUT2D eigenvalue weighted by molar-refractivity contribution is 5.77. The second-order valence-corrected chi connectivity index (χ2v) is 6.63. The molecule has 0 aliphatic carbocycles. The van der Waals surface area contributed by atoms with Crippen LogP contribution >= 0.6 is 0 Å². The minimum Gasteiger partial charge on any atom is -0.383 e. The summed E-state index contributed by atoms with van der Waals surface area (Å²) in [7, 11) is 1.64. The second kappa shape index (κ2) is 8.08. The summed E-state index contributed by atoms with van der Waals surface area (Å²) in [6.45, 7) is 11.6. The average Bonchev–Trinajstić information content (AvgIpc) is 2.88. The summed E-state index contributed by atoms with van der Waals surface area (Å²) in [5, 5.41) is 6.34. The van der Waals surface area contributed by atoms with Crippen molar-refractivity contribution in [2.75, 3.05) is 72.6 Å². The van der Waals surface area contributed by atoms with Crippen LogP contribution in [0.25, 0.3) is 0 Å². The van der Waals surface area contributed by atoms with Gasteiger partial charge in [0.15, 0.2) is 0 Å². The van der Waals surface area contributed by atoms with Crippen LogP contribution in [0.2, 0.25) is 0 Å². The Balaban J connectivity index is 1.62. The first-order valence-electron chi connectivity index (χ1n) is 8.02. The molecule has 2 aliphatic rings. The normalized spacial score (nSPS) is 27.9. The van der Waals surface area contributed by atoms with Gasteiger partial charge in [-0.1, -0.05) is 6.92 Å². The molecule has 2 fully saturated rings. The fourth-order valence-corrected chi connectivity index (χ4v) is 3.20. The molecule has 2 heterocycles. The Labute approximate surface area is 128 Å². The Morgan fingerprint density at radius 1 is 1.29 bits per heavy atom. The van der Waals surface area contributed by atoms with E-state index in [0.29, 0.717) is 25.1 Å². The molecule has 1 amide bonds. The molecule has 6 nitrogen and oxygen atoms in total. The number of piperazine rings is 1. The van der Waals surface area contributed by atoms with E-state index in [4.69, 9.17) is 4.74 Å². The van der Waals surface area contributed by atoms with Gasteiger partial charge in [0, 0.05) is 52.9 Å². The van der Waals surface area contributed by atoms with Crippen LogP contribution < -0.4 is 10.6 Å². The maximum absolute atomic E-state index is 11.8. The van der Waals surface area contributed by atoms with E-state index in [9.17, 15) is 4.79 Å². The van der Waals surface area contributed by atoms with Crippen molar-refractivity contribution in [3.05, 3.63) is 0 Å². The standard InChI is InChI=1S/C15H30N4O2/c1-15(3-4-16-12-15)13-19-8-6-18(7-9-19)11-14(20)17-5-10-21-2/h16H,3-13H2,1-2H3,(H,17,20). The van der Waals surface area contributed by atoms with Crippen LogP contribution in [0.1, 0.15) is 13.3 Å². The number of rotatable bonds is 7. The van der Waals surface area contributed by atoms with E-state index in [1.807, 2.05) is 0 Å². The summed E-state index contributed by atoms with van der Waals surface area (Å²) in [5.41, 5.74) is 0.430. The molecule has 1 atom stereocenters. The van der Waals surface area contributed by atoms with Crippen LogP contribution in [-0.4, -0.2) is 88.3 Å². The molecule has 0 spiro atoms. The van der Waals surface area contributed by atoms with Gasteiger partial charge in [-0.15, -0.1) is 0 Å². The molecule has 2 saturated heterocycles. The van der Waals surface area contributed by atoms with Gasteiger partial charge >= 0.3 is 0 Å². The number of methoxy groups -OCH3 is 1. The van der Waals surface area contributed by atoms with Gasteiger partial charge in [-0.2, -0.15) is 0 Å². The lowest BCUT2D eigenvalue weighted by molar-refractivity contribution is -0.122. The van der Waals surface area contributed by atoms with E-state index in [-0.39, 0.29) is 5.91 Å². The van der Waals surface area contributed by atoms with Crippen molar-refractivity contribution in [3.8, 4) is 0 Å². The van der Waals surface area contributed by atoms with Crippen LogP contribution in [0.5, 0.6) is 0 Å². The maximum Gasteiger partial charge on any atom is 0.234 e. The molecule has 0 aromatic carbocycles. The quantitative estimate of drug-likeness (QED) is 0.613. The molecule has 1 unspecified atom stereocenters. The third kappa shape index (κ3) is 5.54. The molecule has 21 heavy (non-hydrogen) atoms. The van der Waals surface area contributed by atoms with Crippen LogP contribution in [0.3, 0.4) is 0 Å². The van der Waals surface area contributed by atoms with E-state index in [1.54, 1.807) is 7.11 Å².